The van der Waals surface area contributed by atoms with Crippen molar-refractivity contribution in [3.63, 3.8) is 0 Å². The van der Waals surface area contributed by atoms with Crippen molar-refractivity contribution < 1.29 is 18.7 Å². The molecule has 46 heavy (non-hydrogen) atoms. The van der Waals surface area contributed by atoms with Crippen LogP contribution in [0.5, 0.6) is 5.75 Å². The molecular formula is C33H36FN9O3. The number of aromatic nitrogens is 2. The maximum absolute atomic E-state index is 13.5. The Hall–Kier alpha value is -5.49. The molecule has 4 rings (SSSR count). The zero-order valence-electron chi connectivity index (χ0n) is 25.7. The maximum atomic E-state index is 13.5. The summed E-state index contributed by atoms with van der Waals surface area (Å²) in [4.78, 5) is 25.8. The molecule has 0 saturated carbocycles. The van der Waals surface area contributed by atoms with E-state index < -0.39 is 0 Å². The monoisotopic (exact) mass is 625 g/mol. The van der Waals surface area contributed by atoms with Gasteiger partial charge in [0.25, 0.3) is 0 Å². The number of carbonyl (C=O) groups is 1. The molecule has 0 bridgehead atoms. The molecule has 13 heteroatoms. The molecule has 0 radical (unpaired) electrons. The van der Waals surface area contributed by atoms with Crippen molar-refractivity contribution in [3.05, 3.63) is 119 Å². The minimum absolute atomic E-state index is 0.245. The average molecular weight is 626 g/mol. The van der Waals surface area contributed by atoms with Gasteiger partial charge < -0.3 is 30.3 Å². The molecule has 0 spiro atoms. The quantitative estimate of drug-likeness (QED) is 0.0384. The number of amides is 1. The van der Waals surface area contributed by atoms with E-state index in [9.17, 15) is 9.18 Å². The number of halogens is 1. The molecule has 238 valence electrons. The van der Waals surface area contributed by atoms with Crippen molar-refractivity contribution in [1.29, 1.82) is 0 Å². The van der Waals surface area contributed by atoms with Gasteiger partial charge in [0.1, 0.15) is 36.1 Å². The van der Waals surface area contributed by atoms with Crippen LogP contribution in [0.15, 0.2) is 96.4 Å². The summed E-state index contributed by atoms with van der Waals surface area (Å²) in [6.45, 7) is 4.65. The summed E-state index contributed by atoms with van der Waals surface area (Å²) in [5.41, 5.74) is 12.1. The van der Waals surface area contributed by atoms with Gasteiger partial charge in [0, 0.05) is 53.8 Å². The number of anilines is 5. The summed E-state index contributed by atoms with van der Waals surface area (Å²) in [5.74, 6) is 1.32. The van der Waals surface area contributed by atoms with E-state index in [1.165, 1.54) is 24.5 Å². The number of azide groups is 1. The Balaban J connectivity index is 1.25. The van der Waals surface area contributed by atoms with Crippen LogP contribution >= 0.6 is 0 Å². The highest BCUT2D eigenvalue weighted by atomic mass is 19.1. The molecule has 1 amide bonds. The van der Waals surface area contributed by atoms with Crippen molar-refractivity contribution in [2.75, 3.05) is 55.8 Å². The number of nitrogens with zero attached hydrogens (tertiary/aromatic N) is 6. The fourth-order valence-electron chi connectivity index (χ4n) is 4.23. The molecule has 0 saturated heterocycles. The van der Waals surface area contributed by atoms with Crippen LogP contribution in [0.3, 0.4) is 0 Å². The molecular weight excluding hydrogens is 589 g/mol. The largest absolute Gasteiger partial charge is 0.489 e. The molecule has 0 unspecified atom stereocenters. The second-order valence-corrected chi connectivity index (χ2v) is 10.2. The minimum Gasteiger partial charge on any atom is -0.489 e. The van der Waals surface area contributed by atoms with Gasteiger partial charge in [0.15, 0.2) is 0 Å². The van der Waals surface area contributed by atoms with Crippen molar-refractivity contribution in [3.8, 4) is 5.75 Å². The van der Waals surface area contributed by atoms with Gasteiger partial charge in [-0.2, -0.15) is 0 Å². The summed E-state index contributed by atoms with van der Waals surface area (Å²) in [7, 11) is 1.92. The third-order valence-corrected chi connectivity index (χ3v) is 6.50. The summed E-state index contributed by atoms with van der Waals surface area (Å²) < 4.78 is 24.7. The molecule has 0 aliphatic rings. The number of hydrogen-bond acceptors (Lipinski definition) is 9. The molecule has 1 aromatic heterocycles. The first-order valence-corrected chi connectivity index (χ1v) is 14.6. The summed E-state index contributed by atoms with van der Waals surface area (Å²) in [6, 6.07) is 21.1. The lowest BCUT2D eigenvalue weighted by Gasteiger charge is -2.14. The van der Waals surface area contributed by atoms with Crippen LogP contribution < -0.4 is 20.7 Å². The second-order valence-electron chi connectivity index (χ2n) is 10.2. The van der Waals surface area contributed by atoms with Gasteiger partial charge in [-0.25, -0.2) is 14.4 Å². The molecule has 12 nitrogen and oxygen atoms in total. The van der Waals surface area contributed by atoms with Gasteiger partial charge in [-0.15, -0.1) is 0 Å². The van der Waals surface area contributed by atoms with Crippen molar-refractivity contribution in [2.24, 2.45) is 5.11 Å². The number of aryl methyl sites for hydroxylation is 1. The highest BCUT2D eigenvalue weighted by Gasteiger charge is 2.07. The first-order valence-electron chi connectivity index (χ1n) is 14.6. The van der Waals surface area contributed by atoms with E-state index in [-0.39, 0.29) is 18.3 Å². The Morgan fingerprint density at radius 1 is 1.00 bits per heavy atom. The number of benzene rings is 3. The van der Waals surface area contributed by atoms with Crippen LogP contribution in [0.1, 0.15) is 11.1 Å². The Bertz CT molecular complexity index is 1680. The highest BCUT2D eigenvalue weighted by Crippen LogP contribution is 2.26. The minimum atomic E-state index is -0.292. The second kappa shape index (κ2) is 17.7. The fourth-order valence-corrected chi connectivity index (χ4v) is 4.23. The molecule has 4 aromatic rings. The molecule has 3 aromatic carbocycles. The first-order chi connectivity index (χ1) is 22.4. The average Bonchev–Trinajstić information content (AvgIpc) is 3.03. The number of rotatable bonds is 17. The predicted molar refractivity (Wildman–Crippen MR) is 177 cm³/mol. The van der Waals surface area contributed by atoms with Crippen LogP contribution in [-0.2, 0) is 16.1 Å². The van der Waals surface area contributed by atoms with E-state index in [2.05, 4.69) is 35.9 Å². The molecule has 0 atom stereocenters. The Morgan fingerprint density at radius 2 is 1.76 bits per heavy atom. The van der Waals surface area contributed by atoms with Gasteiger partial charge >= 0.3 is 0 Å². The molecule has 0 fully saturated rings. The van der Waals surface area contributed by atoms with Crippen molar-refractivity contribution in [2.45, 2.75) is 13.5 Å². The lowest BCUT2D eigenvalue weighted by atomic mass is 10.2. The Morgan fingerprint density at radius 3 is 2.52 bits per heavy atom. The fraction of sp³-hybridized carbons (Fsp3) is 0.242. The number of ether oxygens (including phenoxy) is 2. The zero-order valence-corrected chi connectivity index (χ0v) is 25.7. The maximum Gasteiger partial charge on any atom is 0.248 e. The van der Waals surface area contributed by atoms with E-state index in [0.29, 0.717) is 55.9 Å². The van der Waals surface area contributed by atoms with Crippen LogP contribution in [0.25, 0.3) is 10.4 Å². The van der Waals surface area contributed by atoms with E-state index in [1.54, 1.807) is 24.3 Å². The van der Waals surface area contributed by atoms with Gasteiger partial charge in [0.2, 0.25) is 5.91 Å². The number of hydrogen-bond donors (Lipinski definition) is 3. The highest BCUT2D eigenvalue weighted by molar-refractivity contribution is 5.99. The van der Waals surface area contributed by atoms with Crippen LogP contribution in [0.4, 0.5) is 33.1 Å². The van der Waals surface area contributed by atoms with E-state index in [0.717, 1.165) is 22.5 Å². The Kier molecular flexibility index (Phi) is 12.9. The van der Waals surface area contributed by atoms with Crippen LogP contribution in [0.2, 0.25) is 0 Å². The molecule has 3 N–H and O–H groups in total. The number of nitrogens with one attached hydrogen (secondary N) is 3. The Labute approximate surface area is 266 Å². The first kappa shape index (κ1) is 33.4. The standard InChI is InChI=1S/C33H36FN9O3/c1-24-18-29(11-12-30(24)46-22-25-6-3-7-26(34)19-25)40-32-21-31(36-23-37-32)39-27-8-4-9-28(20-27)41-33(44)10-5-14-43(2)15-17-45-16-13-38-42-35/h3-12,18-21,23H,13-17,22H2,1-2H3,(H,41,44)(H2,36,37,39,40)/b10-5+. The predicted octanol–water partition coefficient (Wildman–Crippen LogP) is 6.74. The molecule has 1 heterocycles. The zero-order chi connectivity index (χ0) is 32.6. The molecule has 0 aliphatic carbocycles. The topological polar surface area (TPSA) is 149 Å². The van der Waals surface area contributed by atoms with Gasteiger partial charge in [0.05, 0.1) is 13.2 Å². The van der Waals surface area contributed by atoms with Crippen LogP contribution in [-0.4, -0.2) is 60.7 Å². The van der Waals surface area contributed by atoms with Crippen LogP contribution in [0, 0.1) is 12.7 Å². The summed E-state index contributed by atoms with van der Waals surface area (Å²) in [6.07, 6.45) is 4.73. The number of carbonyl (C=O) groups excluding carboxylic acids is 1. The normalized spacial score (nSPS) is 10.9. The van der Waals surface area contributed by atoms with Crippen molar-refractivity contribution >= 4 is 34.6 Å². The lowest BCUT2D eigenvalue weighted by molar-refractivity contribution is -0.111. The molecule has 0 aliphatic heterocycles. The summed E-state index contributed by atoms with van der Waals surface area (Å²) >= 11 is 0. The van der Waals surface area contributed by atoms with Gasteiger partial charge in [-0.1, -0.05) is 29.4 Å². The van der Waals surface area contributed by atoms with Gasteiger partial charge in [-0.05, 0) is 79.2 Å². The smallest absolute Gasteiger partial charge is 0.248 e. The third kappa shape index (κ3) is 11.5. The summed E-state index contributed by atoms with van der Waals surface area (Å²) in [5, 5.41) is 12.8. The SMILES string of the molecule is Cc1cc(Nc2cc(Nc3cccc(NC(=O)/C=C/CN(C)CCOCCN=[N+]=[N-])c3)ncn2)ccc1OCc1cccc(F)c1. The van der Waals surface area contributed by atoms with E-state index in [1.807, 2.05) is 61.3 Å². The third-order valence-electron chi connectivity index (χ3n) is 6.50. The number of likely N-dealkylation sites (N-methyl/N-ethyl adjacent to an activating group) is 1. The van der Waals surface area contributed by atoms with Crippen molar-refractivity contribution in [1.82, 2.24) is 14.9 Å². The van der Waals surface area contributed by atoms with E-state index in [4.69, 9.17) is 15.0 Å². The van der Waals surface area contributed by atoms with E-state index >= 15 is 0 Å². The lowest BCUT2D eigenvalue weighted by Crippen LogP contribution is -2.24. The van der Waals surface area contributed by atoms with Gasteiger partial charge in [-0.3, -0.25) is 4.79 Å².